The van der Waals surface area contributed by atoms with Crippen molar-refractivity contribution in [1.82, 2.24) is 0 Å². The predicted octanol–water partition coefficient (Wildman–Crippen LogP) is 7.26. The van der Waals surface area contributed by atoms with Crippen LogP contribution in [0, 0.1) is 11.8 Å². The van der Waals surface area contributed by atoms with E-state index in [1.807, 2.05) is 12.2 Å². The van der Waals surface area contributed by atoms with Gasteiger partial charge in [-0.05, 0) is 72.7 Å². The summed E-state index contributed by atoms with van der Waals surface area (Å²) in [6, 6.07) is 17.5. The fourth-order valence-electron chi connectivity index (χ4n) is 3.27. The summed E-state index contributed by atoms with van der Waals surface area (Å²) in [5, 5.41) is 11.0. The first kappa shape index (κ1) is 28.6. The molecular formula is C26H22F6N2OS2. The molecule has 0 bridgehead atoms. The molecule has 3 N–H and O–H groups in total. The molecule has 0 spiro atoms. The van der Waals surface area contributed by atoms with Crippen LogP contribution in [-0.4, -0.2) is 30.3 Å². The Labute approximate surface area is 219 Å². The fraction of sp³-hybridized carbons (Fsp3) is 0.231. The van der Waals surface area contributed by atoms with Crippen molar-refractivity contribution in [2.45, 2.75) is 34.2 Å². The van der Waals surface area contributed by atoms with Crippen molar-refractivity contribution in [2.24, 2.45) is 0 Å². The minimum Gasteiger partial charge on any atom is -0.399 e. The molecule has 3 nitrogen and oxygen atoms in total. The lowest BCUT2D eigenvalue weighted by Gasteiger charge is -2.32. The van der Waals surface area contributed by atoms with E-state index in [-0.39, 0.29) is 11.3 Å². The van der Waals surface area contributed by atoms with E-state index < -0.39 is 36.5 Å². The van der Waals surface area contributed by atoms with Crippen molar-refractivity contribution >= 4 is 35.1 Å². The number of hydrogen-bond donors (Lipinski definition) is 2. The molecule has 0 aliphatic heterocycles. The van der Waals surface area contributed by atoms with Gasteiger partial charge in [-0.3, -0.25) is 0 Å². The minimum absolute atomic E-state index is 0.237. The number of para-hydroxylation sites is 1. The Morgan fingerprint density at radius 3 is 2.16 bits per heavy atom. The minimum atomic E-state index is -5.26. The maximum atomic E-state index is 14.3. The van der Waals surface area contributed by atoms with Gasteiger partial charge in [0, 0.05) is 33.2 Å². The second-order valence-corrected chi connectivity index (χ2v) is 9.81. The second-order valence-electron chi connectivity index (χ2n) is 7.83. The van der Waals surface area contributed by atoms with Crippen LogP contribution >= 0.6 is 23.7 Å². The zero-order valence-electron chi connectivity index (χ0n) is 19.4. The average molecular weight is 557 g/mol. The molecule has 1 unspecified atom stereocenters. The number of nitrogens with zero attached hydrogens (tertiary/aromatic N) is 1. The molecule has 0 saturated heterocycles. The third kappa shape index (κ3) is 7.53. The van der Waals surface area contributed by atoms with E-state index in [2.05, 4.69) is 5.92 Å². The molecule has 3 rings (SSSR count). The number of benzene rings is 3. The molecule has 0 aromatic heterocycles. The molecule has 0 heterocycles. The van der Waals surface area contributed by atoms with E-state index >= 15 is 0 Å². The molecule has 3 aromatic carbocycles. The smallest absolute Gasteiger partial charge is 0.399 e. The van der Waals surface area contributed by atoms with Gasteiger partial charge in [0.15, 0.2) is 0 Å². The van der Waals surface area contributed by atoms with Crippen molar-refractivity contribution in [3.63, 3.8) is 0 Å². The van der Waals surface area contributed by atoms with Crippen molar-refractivity contribution in [3.8, 4) is 11.8 Å². The topological polar surface area (TPSA) is 49.5 Å². The quantitative estimate of drug-likeness (QED) is 0.106. The number of anilines is 2. The number of alkyl halides is 6. The fourth-order valence-corrected chi connectivity index (χ4v) is 4.70. The number of nitrogens with two attached hydrogens (primary N) is 1. The van der Waals surface area contributed by atoms with E-state index in [1.165, 1.54) is 48.2 Å². The monoisotopic (exact) mass is 556 g/mol. The third-order valence-electron chi connectivity index (χ3n) is 5.12. The second kappa shape index (κ2) is 11.6. The summed E-state index contributed by atoms with van der Waals surface area (Å²) in [7, 11) is 0. The summed E-state index contributed by atoms with van der Waals surface area (Å²) in [5.41, 5.74) is 1.73. The Bertz CT molecular complexity index is 1270. The van der Waals surface area contributed by atoms with Gasteiger partial charge in [0.1, 0.15) is 0 Å². The molecule has 0 amide bonds. The highest BCUT2D eigenvalue weighted by atomic mass is 32.2. The third-order valence-corrected chi connectivity index (χ3v) is 6.93. The van der Waals surface area contributed by atoms with Crippen LogP contribution < -0.4 is 10.0 Å². The average Bonchev–Trinajstić information content (AvgIpc) is 2.84. The number of hydrogen-bond acceptors (Lipinski definition) is 5. The zero-order valence-corrected chi connectivity index (χ0v) is 21.0. The lowest BCUT2D eigenvalue weighted by Crippen LogP contribution is -2.42. The maximum Gasteiger partial charge on any atom is 0.433 e. The van der Waals surface area contributed by atoms with E-state index in [0.29, 0.717) is 10.6 Å². The first-order valence-corrected chi connectivity index (χ1v) is 12.8. The highest BCUT2D eigenvalue weighted by Gasteiger charge is 2.55. The Hall–Kier alpha value is -2.94. The Morgan fingerprint density at radius 1 is 0.892 bits per heavy atom. The van der Waals surface area contributed by atoms with Crippen molar-refractivity contribution < 1.29 is 31.4 Å². The molecule has 0 fully saturated rings. The van der Waals surface area contributed by atoms with Gasteiger partial charge < -0.3 is 15.1 Å². The van der Waals surface area contributed by atoms with Gasteiger partial charge in [0.25, 0.3) is 5.60 Å². The summed E-state index contributed by atoms with van der Waals surface area (Å²) >= 11 is 2.22. The molecule has 196 valence electrons. The number of halogens is 6. The Morgan fingerprint density at radius 2 is 1.57 bits per heavy atom. The van der Waals surface area contributed by atoms with E-state index in [0.717, 1.165) is 27.2 Å². The number of rotatable bonds is 7. The van der Waals surface area contributed by atoms with Gasteiger partial charge in [-0.15, -0.1) is 11.8 Å². The normalized spacial score (nSPS) is 13.4. The summed E-state index contributed by atoms with van der Waals surface area (Å²) < 4.78 is 83.4. The van der Waals surface area contributed by atoms with E-state index in [1.54, 1.807) is 30.3 Å². The van der Waals surface area contributed by atoms with Crippen molar-refractivity contribution in [3.05, 3.63) is 83.9 Å². The van der Waals surface area contributed by atoms with Gasteiger partial charge in [-0.2, -0.15) is 26.3 Å². The molecule has 0 saturated carbocycles. The van der Waals surface area contributed by atoms with Gasteiger partial charge in [-0.1, -0.05) is 30.2 Å². The molecule has 0 radical (unpaired) electrons. The summed E-state index contributed by atoms with van der Waals surface area (Å²) in [6.45, 7) is -0.683. The zero-order chi connectivity index (χ0) is 27.3. The van der Waals surface area contributed by atoms with E-state index in [4.69, 9.17) is 5.73 Å². The highest BCUT2D eigenvalue weighted by Crippen LogP contribution is 2.45. The largest absolute Gasteiger partial charge is 0.433 e. The van der Waals surface area contributed by atoms with Gasteiger partial charge >= 0.3 is 12.4 Å². The van der Waals surface area contributed by atoms with Gasteiger partial charge in [0.05, 0.1) is 12.1 Å². The Kier molecular flexibility index (Phi) is 9.00. The van der Waals surface area contributed by atoms with Crippen LogP contribution in [0.15, 0.2) is 82.6 Å². The van der Waals surface area contributed by atoms with Crippen LogP contribution in [0.2, 0.25) is 0 Å². The van der Waals surface area contributed by atoms with Crippen LogP contribution in [-0.2, 0) is 5.60 Å². The molecule has 3 aromatic rings. The van der Waals surface area contributed by atoms with Crippen LogP contribution in [0.4, 0.5) is 37.7 Å². The van der Waals surface area contributed by atoms with Crippen LogP contribution in [0.1, 0.15) is 17.5 Å². The van der Waals surface area contributed by atoms with Crippen LogP contribution in [0.25, 0.3) is 0 Å². The van der Waals surface area contributed by atoms with Gasteiger partial charge in [0.2, 0.25) is 0 Å². The number of aliphatic hydroxyl groups is 1. The van der Waals surface area contributed by atoms with Crippen molar-refractivity contribution in [2.75, 3.05) is 22.8 Å². The van der Waals surface area contributed by atoms with E-state index in [9.17, 15) is 31.4 Å². The first-order valence-electron chi connectivity index (χ1n) is 10.8. The summed E-state index contributed by atoms with van der Waals surface area (Å²) in [4.78, 5) is 1.29. The molecule has 1 atom stereocenters. The lowest BCUT2D eigenvalue weighted by atomic mass is 9.91. The number of thioether (sulfide) groups is 1. The van der Waals surface area contributed by atoms with Crippen LogP contribution in [0.5, 0.6) is 0 Å². The summed E-state index contributed by atoms with van der Waals surface area (Å²) in [5.74, 6) is 4.31. The molecular weight excluding hydrogens is 534 g/mol. The standard InChI is InChI=1S/C26H22F6N2OS2/c1-36-20-11-9-18(10-12-20)13-14-24(35,26(30,31)32)22-7-2-3-8-23(22)34(16-15-25(27,28)29)37-21-6-4-5-19(33)17-21/h2-12,17,35H,15-16,33H2,1H3. The predicted molar refractivity (Wildman–Crippen MR) is 136 cm³/mol. The summed E-state index contributed by atoms with van der Waals surface area (Å²) in [6.07, 6.45) is -9.28. The van der Waals surface area contributed by atoms with Crippen molar-refractivity contribution in [1.29, 1.82) is 0 Å². The Balaban J connectivity index is 2.11. The molecule has 37 heavy (non-hydrogen) atoms. The highest BCUT2D eigenvalue weighted by molar-refractivity contribution is 8.00. The van der Waals surface area contributed by atoms with Crippen LogP contribution in [0.3, 0.4) is 0 Å². The molecule has 0 aliphatic carbocycles. The lowest BCUT2D eigenvalue weighted by molar-refractivity contribution is -0.240. The molecule has 11 heteroatoms. The maximum absolute atomic E-state index is 14.3. The first-order chi connectivity index (χ1) is 17.3. The molecule has 0 aliphatic rings. The number of nitrogen functional groups attached to an aromatic ring is 1. The van der Waals surface area contributed by atoms with Gasteiger partial charge in [-0.25, -0.2) is 0 Å². The SMILES string of the molecule is CSc1ccc(C#CC(O)(c2ccccc2N(CCC(F)(F)F)Sc2cccc(N)c2)C(F)(F)F)cc1.